The molecule has 0 aliphatic rings. The quantitative estimate of drug-likeness (QED) is 0.168. The van der Waals surface area contributed by atoms with Gasteiger partial charge >= 0.3 is 21.1 Å². The molecule has 0 radical (unpaired) electrons. The van der Waals surface area contributed by atoms with Gasteiger partial charge in [0, 0.05) is 0 Å². The Hall–Kier alpha value is 2.53. The van der Waals surface area contributed by atoms with Crippen molar-refractivity contribution in [1.82, 2.24) is 0 Å². The van der Waals surface area contributed by atoms with Gasteiger partial charge in [-0.3, -0.25) is 0 Å². The van der Waals surface area contributed by atoms with Gasteiger partial charge in [-0.1, -0.05) is 66.2 Å². The minimum atomic E-state index is -3.10. The molecule has 0 aromatic carbocycles. The molecule has 27 heavy (non-hydrogen) atoms. The van der Waals surface area contributed by atoms with Crippen LogP contribution in [0.5, 0.6) is 0 Å². The van der Waals surface area contributed by atoms with Crippen molar-refractivity contribution in [2.24, 2.45) is 11.8 Å². The van der Waals surface area contributed by atoms with Gasteiger partial charge in [-0.05, 0) is 24.7 Å². The standard InChI is InChI=1S/2C8H19O2PS2.Mo/c2*1-3-5-6-8(4-2)7-10-11(9,12)13;/h2*8H,3-7H2,1-2H3,(H2,9,12,13);/q;;+4/p-4. The van der Waals surface area contributed by atoms with Gasteiger partial charge in [-0.25, -0.2) is 0 Å². The molecule has 0 aliphatic carbocycles. The third-order valence-corrected chi connectivity index (χ3v) is 6.22. The van der Waals surface area contributed by atoms with E-state index in [4.69, 9.17) is 9.05 Å². The summed E-state index contributed by atoms with van der Waals surface area (Å²) in [6, 6.07) is 0. The minimum Gasteiger partial charge on any atom is -0.819 e. The zero-order chi connectivity index (χ0) is 20.6. The van der Waals surface area contributed by atoms with E-state index in [1.54, 1.807) is 0 Å². The van der Waals surface area contributed by atoms with Crippen LogP contribution < -0.4 is 9.79 Å². The topological polar surface area (TPSA) is 64.6 Å². The van der Waals surface area contributed by atoms with E-state index < -0.39 is 11.4 Å². The molecule has 0 rings (SSSR count). The molecule has 0 aliphatic heterocycles. The van der Waals surface area contributed by atoms with Crippen LogP contribution in [0, 0.1) is 11.8 Å². The van der Waals surface area contributed by atoms with Crippen LogP contribution in [0.4, 0.5) is 0 Å². The Labute approximate surface area is 202 Å². The first-order valence-electron chi connectivity index (χ1n) is 9.32. The fourth-order valence-electron chi connectivity index (χ4n) is 2.19. The molecule has 0 spiro atoms. The third-order valence-electron chi connectivity index (χ3n) is 4.02. The summed E-state index contributed by atoms with van der Waals surface area (Å²) in [6.45, 7) is 9.42. The second-order valence-electron chi connectivity index (χ2n) is 6.32. The predicted molar refractivity (Wildman–Crippen MR) is 122 cm³/mol. The molecule has 4 atom stereocenters. The molecule has 0 aromatic heterocycles. The van der Waals surface area contributed by atoms with Gasteiger partial charge < -0.3 is 43.3 Å². The van der Waals surface area contributed by atoms with Crippen molar-refractivity contribution >= 4 is 59.5 Å². The normalized spacial score (nSPS) is 17.5. The molecule has 0 saturated heterocycles. The average molecular weight is 577 g/mol. The Morgan fingerprint density at radius 3 is 1.26 bits per heavy atom. The van der Waals surface area contributed by atoms with Gasteiger partial charge in [0.05, 0.1) is 13.2 Å². The first-order valence-corrected chi connectivity index (χ1v) is 16.6. The second-order valence-corrected chi connectivity index (χ2v) is 15.8. The third kappa shape index (κ3) is 28.5. The molecule has 4 nitrogen and oxygen atoms in total. The Morgan fingerprint density at radius 1 is 0.778 bits per heavy atom. The summed E-state index contributed by atoms with van der Waals surface area (Å²) in [6.07, 6.45) is 9.00. The van der Waals surface area contributed by atoms with Crippen molar-refractivity contribution in [2.75, 3.05) is 13.2 Å². The van der Waals surface area contributed by atoms with Gasteiger partial charge in [-0.2, -0.15) is 0 Å². The summed E-state index contributed by atoms with van der Waals surface area (Å²) < 4.78 is 9.93. The summed E-state index contributed by atoms with van der Waals surface area (Å²) in [7, 11) is 0. The monoisotopic (exact) mass is 578 g/mol. The Morgan fingerprint density at radius 2 is 1.07 bits per heavy atom. The molecule has 11 heteroatoms. The summed E-state index contributed by atoms with van der Waals surface area (Å²) >= 11 is 18.0. The SMILES string of the molecule is CCCCC(CC)COP([O-])(=S)[S-].CCCCC(CC)COP([O-])(=S)[S-].[Mo+4]. The average Bonchev–Trinajstić information content (AvgIpc) is 2.54. The maximum Gasteiger partial charge on any atom is 4.00 e. The molecule has 0 fully saturated rings. The fourth-order valence-corrected chi connectivity index (χ4v) is 3.71. The van der Waals surface area contributed by atoms with Crippen LogP contribution in [-0.4, -0.2) is 13.2 Å². The molecule has 0 amide bonds. The van der Waals surface area contributed by atoms with Crippen LogP contribution in [0.2, 0.25) is 0 Å². The number of rotatable bonds is 14. The summed E-state index contributed by atoms with van der Waals surface area (Å²) in [5.41, 5.74) is -6.20. The van der Waals surface area contributed by atoms with E-state index in [1.165, 1.54) is 25.7 Å². The van der Waals surface area contributed by atoms with Crippen molar-refractivity contribution in [2.45, 2.75) is 79.1 Å². The van der Waals surface area contributed by atoms with E-state index in [-0.39, 0.29) is 21.1 Å². The van der Waals surface area contributed by atoms with Crippen LogP contribution in [0.25, 0.3) is 0 Å². The molecule has 4 unspecified atom stereocenters. The first kappa shape index (κ1) is 34.1. The van der Waals surface area contributed by atoms with Crippen LogP contribution in [0.15, 0.2) is 0 Å². The smallest absolute Gasteiger partial charge is 0.819 e. The van der Waals surface area contributed by atoms with Crippen molar-refractivity contribution in [3.8, 4) is 0 Å². The van der Waals surface area contributed by atoms with Crippen molar-refractivity contribution < 1.29 is 39.9 Å². The van der Waals surface area contributed by atoms with E-state index >= 15 is 0 Å². The molecule has 0 heterocycles. The largest absolute Gasteiger partial charge is 4.00 e. The molecular weight excluding hydrogens is 542 g/mol. The van der Waals surface area contributed by atoms with Crippen LogP contribution in [-0.2, 0) is 78.2 Å². The number of hydrogen-bond donors (Lipinski definition) is 0. The van der Waals surface area contributed by atoms with Crippen molar-refractivity contribution in [1.29, 1.82) is 0 Å². The van der Waals surface area contributed by atoms with Crippen LogP contribution in [0.3, 0.4) is 0 Å². The van der Waals surface area contributed by atoms with Crippen molar-refractivity contribution in [3.05, 3.63) is 0 Å². The van der Waals surface area contributed by atoms with Gasteiger partial charge in [0.15, 0.2) is 0 Å². The van der Waals surface area contributed by atoms with Crippen LogP contribution >= 0.6 is 11.4 Å². The first-order chi connectivity index (χ1) is 12.0. The minimum absolute atomic E-state index is 0. The second kappa shape index (κ2) is 20.4. The Bertz CT molecular complexity index is 383. The van der Waals surface area contributed by atoms with Gasteiger partial charge in [-0.15, -0.1) is 35.0 Å². The van der Waals surface area contributed by atoms with E-state index in [2.05, 4.69) is 75.8 Å². The van der Waals surface area contributed by atoms with Crippen LogP contribution in [0.1, 0.15) is 79.1 Å². The summed E-state index contributed by atoms with van der Waals surface area (Å²) in [4.78, 5) is 21.8. The maximum atomic E-state index is 10.9. The number of unbranched alkanes of at least 4 members (excludes halogenated alkanes) is 2. The molecular formula is C16H34MoO4P2S4. The molecule has 162 valence electrons. The summed E-state index contributed by atoms with van der Waals surface area (Å²) in [5.74, 6) is 0.915. The maximum absolute atomic E-state index is 10.9. The number of hydrogen-bond acceptors (Lipinski definition) is 8. The predicted octanol–water partition coefficient (Wildman–Crippen LogP) is 4.70. The summed E-state index contributed by atoms with van der Waals surface area (Å²) in [5, 5.41) is 0. The van der Waals surface area contributed by atoms with Gasteiger partial charge in [0.1, 0.15) is 0 Å². The van der Waals surface area contributed by atoms with E-state index in [0.717, 1.165) is 25.7 Å². The molecule has 0 aromatic rings. The fraction of sp³-hybridized carbons (Fsp3) is 1.00. The molecule has 0 bridgehead atoms. The Kier molecular flexibility index (Phi) is 25.8. The van der Waals surface area contributed by atoms with E-state index in [1.807, 2.05) is 0 Å². The van der Waals surface area contributed by atoms with E-state index in [0.29, 0.717) is 25.0 Å². The van der Waals surface area contributed by atoms with E-state index in [9.17, 15) is 9.79 Å². The van der Waals surface area contributed by atoms with Crippen molar-refractivity contribution in [3.63, 3.8) is 0 Å². The molecule has 0 saturated carbocycles. The molecule has 0 N–H and O–H groups in total. The zero-order valence-electron chi connectivity index (χ0n) is 16.8. The van der Waals surface area contributed by atoms with Gasteiger partial charge in [0.2, 0.25) is 0 Å². The van der Waals surface area contributed by atoms with Gasteiger partial charge in [0.25, 0.3) is 0 Å². The Balaban J connectivity index is -0.000000411. The zero-order valence-corrected chi connectivity index (χ0v) is 23.9.